The summed E-state index contributed by atoms with van der Waals surface area (Å²) in [6.07, 6.45) is 0.612. The summed E-state index contributed by atoms with van der Waals surface area (Å²) in [5.41, 5.74) is 1.95. The standard InChI is InChI=1S/C22H22O2/c1-2-22(23,19-11-7-4-8-12-19)20-13-15-21(16-14-20)24-17-18-9-5-3-6-10-18/h3-16,23H,2,17H2,1H3. The fourth-order valence-electron chi connectivity index (χ4n) is 2.86. The zero-order chi connectivity index (χ0) is 16.8. The van der Waals surface area contributed by atoms with Gasteiger partial charge < -0.3 is 9.84 Å². The number of aliphatic hydroxyl groups is 1. The Kier molecular flexibility index (Phi) is 4.97. The summed E-state index contributed by atoms with van der Waals surface area (Å²) < 4.78 is 5.82. The zero-order valence-electron chi connectivity index (χ0n) is 13.9. The van der Waals surface area contributed by atoms with Gasteiger partial charge in [-0.15, -0.1) is 0 Å². The Hall–Kier alpha value is -2.58. The van der Waals surface area contributed by atoms with Crippen molar-refractivity contribution in [2.24, 2.45) is 0 Å². The molecule has 3 aromatic rings. The van der Waals surface area contributed by atoms with E-state index in [-0.39, 0.29) is 0 Å². The first-order valence-electron chi connectivity index (χ1n) is 8.27. The number of hydrogen-bond acceptors (Lipinski definition) is 2. The lowest BCUT2D eigenvalue weighted by Crippen LogP contribution is -2.26. The van der Waals surface area contributed by atoms with Crippen LogP contribution in [-0.4, -0.2) is 5.11 Å². The molecule has 1 atom stereocenters. The Bertz CT molecular complexity index is 751. The van der Waals surface area contributed by atoms with Crippen molar-refractivity contribution in [3.63, 3.8) is 0 Å². The summed E-state index contributed by atoms with van der Waals surface area (Å²) in [5, 5.41) is 11.1. The van der Waals surface area contributed by atoms with Crippen molar-refractivity contribution in [2.45, 2.75) is 25.6 Å². The Labute approximate surface area is 143 Å². The van der Waals surface area contributed by atoms with Gasteiger partial charge in [0.2, 0.25) is 0 Å². The molecule has 0 spiro atoms. The maximum Gasteiger partial charge on any atom is 0.119 e. The second kappa shape index (κ2) is 7.33. The number of benzene rings is 3. The molecule has 0 heterocycles. The minimum absolute atomic E-state index is 0.539. The van der Waals surface area contributed by atoms with Gasteiger partial charge in [0.1, 0.15) is 18.0 Å². The van der Waals surface area contributed by atoms with Crippen molar-refractivity contribution in [1.82, 2.24) is 0 Å². The molecule has 1 N–H and O–H groups in total. The SMILES string of the molecule is CCC(O)(c1ccccc1)c1ccc(OCc2ccccc2)cc1. The lowest BCUT2D eigenvalue weighted by Gasteiger charge is -2.28. The van der Waals surface area contributed by atoms with E-state index in [9.17, 15) is 5.11 Å². The molecule has 3 aromatic carbocycles. The van der Waals surface area contributed by atoms with E-state index in [2.05, 4.69) is 0 Å². The van der Waals surface area contributed by atoms with Crippen molar-refractivity contribution in [3.8, 4) is 5.75 Å². The van der Waals surface area contributed by atoms with Crippen LogP contribution in [0.5, 0.6) is 5.75 Å². The highest BCUT2D eigenvalue weighted by atomic mass is 16.5. The van der Waals surface area contributed by atoms with Crippen LogP contribution >= 0.6 is 0 Å². The highest BCUT2D eigenvalue weighted by Crippen LogP contribution is 2.33. The second-order valence-corrected chi connectivity index (χ2v) is 5.88. The highest BCUT2D eigenvalue weighted by Gasteiger charge is 2.29. The van der Waals surface area contributed by atoms with Gasteiger partial charge in [0.15, 0.2) is 0 Å². The van der Waals surface area contributed by atoms with Gasteiger partial charge in [-0.1, -0.05) is 79.7 Å². The number of hydrogen-bond donors (Lipinski definition) is 1. The van der Waals surface area contributed by atoms with Crippen LogP contribution in [0.4, 0.5) is 0 Å². The van der Waals surface area contributed by atoms with Crippen molar-refractivity contribution >= 4 is 0 Å². The predicted octanol–water partition coefficient (Wildman–Crippen LogP) is 4.91. The monoisotopic (exact) mass is 318 g/mol. The summed E-state index contributed by atoms with van der Waals surface area (Å²) in [7, 11) is 0. The molecule has 2 nitrogen and oxygen atoms in total. The van der Waals surface area contributed by atoms with E-state index < -0.39 is 5.60 Å². The quantitative estimate of drug-likeness (QED) is 0.699. The fraction of sp³-hybridized carbons (Fsp3) is 0.182. The molecular formula is C22H22O2. The van der Waals surface area contributed by atoms with Crippen LogP contribution < -0.4 is 4.74 Å². The van der Waals surface area contributed by atoms with Crippen LogP contribution in [0.25, 0.3) is 0 Å². The zero-order valence-corrected chi connectivity index (χ0v) is 13.9. The summed E-state index contributed by atoms with van der Waals surface area (Å²) >= 11 is 0. The van der Waals surface area contributed by atoms with Crippen molar-refractivity contribution < 1.29 is 9.84 Å². The molecule has 0 radical (unpaired) electrons. The molecule has 0 aliphatic rings. The van der Waals surface area contributed by atoms with E-state index >= 15 is 0 Å². The molecule has 2 heteroatoms. The fourth-order valence-corrected chi connectivity index (χ4v) is 2.86. The maximum atomic E-state index is 11.1. The second-order valence-electron chi connectivity index (χ2n) is 5.88. The Balaban J connectivity index is 1.76. The third kappa shape index (κ3) is 3.50. The Morgan fingerprint density at radius 2 is 1.29 bits per heavy atom. The van der Waals surface area contributed by atoms with Crippen LogP contribution in [0.2, 0.25) is 0 Å². The predicted molar refractivity (Wildman–Crippen MR) is 96.9 cm³/mol. The summed E-state index contributed by atoms with van der Waals surface area (Å²) in [5.74, 6) is 0.800. The van der Waals surface area contributed by atoms with E-state index in [1.54, 1.807) is 0 Å². The lowest BCUT2D eigenvalue weighted by molar-refractivity contribution is 0.0764. The van der Waals surface area contributed by atoms with Crippen molar-refractivity contribution in [2.75, 3.05) is 0 Å². The van der Waals surface area contributed by atoms with E-state index in [1.165, 1.54) is 0 Å². The summed E-state index contributed by atoms with van der Waals surface area (Å²) in [4.78, 5) is 0. The first kappa shape index (κ1) is 16.3. The third-order valence-electron chi connectivity index (χ3n) is 4.34. The van der Waals surface area contributed by atoms with Crippen LogP contribution in [-0.2, 0) is 12.2 Å². The molecule has 0 aliphatic heterocycles. The Morgan fingerprint density at radius 1 is 0.750 bits per heavy atom. The van der Waals surface area contributed by atoms with Gasteiger partial charge in [0.05, 0.1) is 0 Å². The van der Waals surface area contributed by atoms with Crippen LogP contribution in [0.3, 0.4) is 0 Å². The largest absolute Gasteiger partial charge is 0.489 e. The van der Waals surface area contributed by atoms with Gasteiger partial charge in [-0.05, 0) is 35.2 Å². The molecule has 3 rings (SSSR count). The molecule has 0 fully saturated rings. The molecule has 24 heavy (non-hydrogen) atoms. The van der Waals surface area contributed by atoms with Gasteiger partial charge in [-0.3, -0.25) is 0 Å². The molecular weight excluding hydrogens is 296 g/mol. The van der Waals surface area contributed by atoms with Crippen molar-refractivity contribution in [1.29, 1.82) is 0 Å². The van der Waals surface area contributed by atoms with Gasteiger partial charge >= 0.3 is 0 Å². The molecule has 122 valence electrons. The minimum Gasteiger partial charge on any atom is -0.489 e. The number of ether oxygens (including phenoxy) is 1. The van der Waals surface area contributed by atoms with E-state index in [1.807, 2.05) is 91.9 Å². The smallest absolute Gasteiger partial charge is 0.119 e. The topological polar surface area (TPSA) is 29.5 Å². The highest BCUT2D eigenvalue weighted by molar-refractivity contribution is 5.38. The normalized spacial score (nSPS) is 13.2. The number of rotatable bonds is 6. The summed E-state index contributed by atoms with van der Waals surface area (Å²) in [6, 6.07) is 27.6. The molecule has 0 aromatic heterocycles. The van der Waals surface area contributed by atoms with Crippen molar-refractivity contribution in [3.05, 3.63) is 102 Å². The van der Waals surface area contributed by atoms with Crippen LogP contribution in [0.1, 0.15) is 30.0 Å². The van der Waals surface area contributed by atoms with E-state index in [4.69, 9.17) is 4.74 Å². The molecule has 0 aliphatic carbocycles. The molecule has 1 unspecified atom stereocenters. The van der Waals surface area contributed by atoms with Gasteiger partial charge in [-0.25, -0.2) is 0 Å². The molecule has 0 bridgehead atoms. The van der Waals surface area contributed by atoms with Gasteiger partial charge in [-0.2, -0.15) is 0 Å². The first-order chi connectivity index (χ1) is 11.7. The average molecular weight is 318 g/mol. The summed E-state index contributed by atoms with van der Waals surface area (Å²) in [6.45, 7) is 2.53. The third-order valence-corrected chi connectivity index (χ3v) is 4.34. The average Bonchev–Trinajstić information content (AvgIpc) is 2.67. The van der Waals surface area contributed by atoms with Crippen LogP contribution in [0, 0.1) is 0 Å². The van der Waals surface area contributed by atoms with Crippen LogP contribution in [0.15, 0.2) is 84.9 Å². The van der Waals surface area contributed by atoms with E-state index in [0.29, 0.717) is 13.0 Å². The molecule has 0 saturated carbocycles. The minimum atomic E-state index is -0.973. The van der Waals surface area contributed by atoms with Gasteiger partial charge in [0.25, 0.3) is 0 Å². The molecule has 0 amide bonds. The van der Waals surface area contributed by atoms with Gasteiger partial charge in [0, 0.05) is 0 Å². The maximum absolute atomic E-state index is 11.1. The Morgan fingerprint density at radius 3 is 1.88 bits per heavy atom. The molecule has 0 saturated heterocycles. The lowest BCUT2D eigenvalue weighted by atomic mass is 9.84. The first-order valence-corrected chi connectivity index (χ1v) is 8.27. The van der Waals surface area contributed by atoms with E-state index in [0.717, 1.165) is 22.4 Å².